The predicted molar refractivity (Wildman–Crippen MR) is 65.3 cm³/mol. The Morgan fingerprint density at radius 1 is 1.31 bits per heavy atom. The molecule has 0 heterocycles. The van der Waals surface area contributed by atoms with Crippen LogP contribution in [0.1, 0.15) is 25.7 Å². The second-order valence-electron chi connectivity index (χ2n) is 4.13. The maximum absolute atomic E-state index is 11.4. The normalized spacial score (nSPS) is 16.6. The van der Waals surface area contributed by atoms with Gasteiger partial charge in [0.2, 0.25) is 10.0 Å². The third-order valence-electron chi connectivity index (χ3n) is 2.42. The van der Waals surface area contributed by atoms with Crippen LogP contribution >= 0.6 is 11.6 Å². The van der Waals surface area contributed by atoms with Crippen LogP contribution in [0, 0.1) is 5.92 Å². The summed E-state index contributed by atoms with van der Waals surface area (Å²) >= 11 is 5.48. The van der Waals surface area contributed by atoms with Crippen LogP contribution in [0.3, 0.4) is 0 Å². The highest BCUT2D eigenvalue weighted by Gasteiger charge is 2.20. The number of nitrogens with one attached hydrogen (secondary N) is 1. The van der Waals surface area contributed by atoms with Gasteiger partial charge in [-0.15, -0.1) is 11.6 Å². The Morgan fingerprint density at radius 2 is 2.06 bits per heavy atom. The third-order valence-corrected chi connectivity index (χ3v) is 4.15. The van der Waals surface area contributed by atoms with Crippen molar-refractivity contribution in [3.8, 4) is 0 Å². The fourth-order valence-electron chi connectivity index (χ4n) is 1.26. The minimum absolute atomic E-state index is 0.155. The average molecular weight is 270 g/mol. The largest absolute Gasteiger partial charge is 0.380 e. The molecule has 0 aliphatic heterocycles. The lowest BCUT2D eigenvalue weighted by Gasteiger charge is -2.06. The van der Waals surface area contributed by atoms with Crippen molar-refractivity contribution >= 4 is 21.6 Å². The van der Waals surface area contributed by atoms with Crippen LogP contribution in [0.4, 0.5) is 0 Å². The van der Waals surface area contributed by atoms with Gasteiger partial charge in [-0.2, -0.15) is 0 Å². The van der Waals surface area contributed by atoms with Gasteiger partial charge in [0, 0.05) is 19.0 Å². The Hall–Kier alpha value is 0.160. The Labute approximate surface area is 103 Å². The molecule has 1 fully saturated rings. The van der Waals surface area contributed by atoms with Gasteiger partial charge >= 0.3 is 0 Å². The lowest BCUT2D eigenvalue weighted by molar-refractivity contribution is 0.129. The standard InChI is InChI=1S/C10H20ClNO3S/c11-5-1-2-8-16(13,14)12-6-7-15-9-10-3-4-10/h10,12H,1-9H2. The van der Waals surface area contributed by atoms with Crippen molar-refractivity contribution in [2.75, 3.05) is 31.4 Å². The summed E-state index contributed by atoms with van der Waals surface area (Å²) in [6.07, 6.45) is 3.86. The molecule has 0 aromatic carbocycles. The maximum Gasteiger partial charge on any atom is 0.211 e. The summed E-state index contributed by atoms with van der Waals surface area (Å²) in [4.78, 5) is 0. The van der Waals surface area contributed by atoms with Crippen LogP contribution in [0.5, 0.6) is 0 Å². The molecule has 0 unspecified atom stereocenters. The van der Waals surface area contributed by atoms with Gasteiger partial charge in [0.05, 0.1) is 12.4 Å². The van der Waals surface area contributed by atoms with Crippen molar-refractivity contribution in [1.82, 2.24) is 4.72 Å². The quantitative estimate of drug-likeness (QED) is 0.481. The lowest BCUT2D eigenvalue weighted by Crippen LogP contribution is -2.29. The van der Waals surface area contributed by atoms with E-state index in [-0.39, 0.29) is 5.75 Å². The molecule has 0 saturated heterocycles. The second kappa shape index (κ2) is 7.48. The van der Waals surface area contributed by atoms with E-state index >= 15 is 0 Å². The molecule has 0 aromatic rings. The molecule has 0 spiro atoms. The molecular formula is C10H20ClNO3S. The molecule has 0 bridgehead atoms. The Bertz CT molecular complexity index is 278. The van der Waals surface area contributed by atoms with Crippen molar-refractivity contribution in [2.45, 2.75) is 25.7 Å². The number of halogens is 1. The van der Waals surface area contributed by atoms with Gasteiger partial charge in [-0.25, -0.2) is 13.1 Å². The maximum atomic E-state index is 11.4. The van der Waals surface area contributed by atoms with E-state index in [9.17, 15) is 8.42 Å². The first-order valence-electron chi connectivity index (χ1n) is 5.75. The van der Waals surface area contributed by atoms with E-state index in [0.29, 0.717) is 25.5 Å². The average Bonchev–Trinajstić information content (AvgIpc) is 3.01. The molecule has 96 valence electrons. The number of hydrogen-bond acceptors (Lipinski definition) is 3. The monoisotopic (exact) mass is 269 g/mol. The summed E-state index contributed by atoms with van der Waals surface area (Å²) in [5.74, 6) is 1.39. The molecule has 1 aliphatic rings. The van der Waals surface area contributed by atoms with Crippen molar-refractivity contribution in [3.63, 3.8) is 0 Å². The summed E-state index contributed by atoms with van der Waals surface area (Å²) < 4.78 is 30.7. The van der Waals surface area contributed by atoms with Gasteiger partial charge in [0.1, 0.15) is 0 Å². The highest BCUT2D eigenvalue weighted by molar-refractivity contribution is 7.89. The zero-order valence-corrected chi connectivity index (χ0v) is 11.0. The van der Waals surface area contributed by atoms with Crippen molar-refractivity contribution in [2.24, 2.45) is 5.92 Å². The fourth-order valence-corrected chi connectivity index (χ4v) is 2.57. The minimum atomic E-state index is -3.13. The topological polar surface area (TPSA) is 55.4 Å². The molecule has 16 heavy (non-hydrogen) atoms. The van der Waals surface area contributed by atoms with Gasteiger partial charge < -0.3 is 4.74 Å². The number of hydrogen-bond donors (Lipinski definition) is 1. The predicted octanol–water partition coefficient (Wildman–Crippen LogP) is 1.35. The lowest BCUT2D eigenvalue weighted by atomic mass is 10.4. The molecule has 1 N–H and O–H groups in total. The number of alkyl halides is 1. The highest BCUT2D eigenvalue weighted by Crippen LogP contribution is 2.28. The smallest absolute Gasteiger partial charge is 0.211 e. The molecule has 0 amide bonds. The van der Waals surface area contributed by atoms with Gasteiger partial charge in [0.25, 0.3) is 0 Å². The van der Waals surface area contributed by atoms with Crippen LogP contribution in [0.15, 0.2) is 0 Å². The molecule has 0 radical (unpaired) electrons. The zero-order valence-electron chi connectivity index (χ0n) is 9.45. The van der Waals surface area contributed by atoms with E-state index in [2.05, 4.69) is 4.72 Å². The number of ether oxygens (including phenoxy) is 1. The van der Waals surface area contributed by atoms with Gasteiger partial charge in [0.15, 0.2) is 0 Å². The molecule has 0 atom stereocenters. The van der Waals surface area contributed by atoms with Crippen LogP contribution in [-0.2, 0) is 14.8 Å². The summed E-state index contributed by atoms with van der Waals surface area (Å²) in [6.45, 7) is 1.61. The second-order valence-corrected chi connectivity index (χ2v) is 6.43. The number of unbranched alkanes of at least 4 members (excludes halogenated alkanes) is 1. The van der Waals surface area contributed by atoms with Gasteiger partial charge in [-0.1, -0.05) is 0 Å². The fraction of sp³-hybridized carbons (Fsp3) is 1.00. The summed E-state index contributed by atoms with van der Waals surface area (Å²) in [5.41, 5.74) is 0. The van der Waals surface area contributed by atoms with Crippen LogP contribution < -0.4 is 4.72 Å². The van der Waals surface area contributed by atoms with Gasteiger partial charge in [-0.05, 0) is 31.6 Å². The first-order chi connectivity index (χ1) is 7.64. The van der Waals surface area contributed by atoms with Crippen LogP contribution in [0.2, 0.25) is 0 Å². The molecule has 6 heteroatoms. The first-order valence-corrected chi connectivity index (χ1v) is 7.94. The summed E-state index contributed by atoms with van der Waals surface area (Å²) in [5, 5.41) is 0. The van der Waals surface area contributed by atoms with Crippen molar-refractivity contribution in [1.29, 1.82) is 0 Å². The van der Waals surface area contributed by atoms with Crippen LogP contribution in [-0.4, -0.2) is 39.8 Å². The Kier molecular flexibility index (Phi) is 6.65. The summed E-state index contributed by atoms with van der Waals surface area (Å²) in [7, 11) is -3.13. The van der Waals surface area contributed by atoms with E-state index < -0.39 is 10.0 Å². The molecule has 0 aromatic heterocycles. The molecular weight excluding hydrogens is 250 g/mol. The molecule has 4 nitrogen and oxygen atoms in total. The van der Waals surface area contributed by atoms with E-state index in [1.54, 1.807) is 0 Å². The molecule has 1 rings (SSSR count). The minimum Gasteiger partial charge on any atom is -0.380 e. The first kappa shape index (κ1) is 14.2. The number of sulfonamides is 1. The van der Waals surface area contributed by atoms with E-state index in [1.165, 1.54) is 12.8 Å². The highest BCUT2D eigenvalue weighted by atomic mass is 35.5. The third kappa shape index (κ3) is 7.44. The summed E-state index contributed by atoms with van der Waals surface area (Å²) in [6, 6.07) is 0. The zero-order chi connectivity index (χ0) is 11.9. The number of rotatable bonds is 10. The molecule has 1 saturated carbocycles. The van der Waals surface area contributed by atoms with E-state index in [0.717, 1.165) is 18.9 Å². The van der Waals surface area contributed by atoms with Crippen molar-refractivity contribution in [3.05, 3.63) is 0 Å². The Morgan fingerprint density at radius 3 is 2.69 bits per heavy atom. The van der Waals surface area contributed by atoms with E-state index in [4.69, 9.17) is 16.3 Å². The van der Waals surface area contributed by atoms with Crippen LogP contribution in [0.25, 0.3) is 0 Å². The van der Waals surface area contributed by atoms with Crippen molar-refractivity contribution < 1.29 is 13.2 Å². The van der Waals surface area contributed by atoms with Gasteiger partial charge in [-0.3, -0.25) is 0 Å². The Balaban J connectivity index is 1.96. The molecule has 1 aliphatic carbocycles. The SMILES string of the molecule is O=S(=O)(CCCCCl)NCCOCC1CC1. The van der Waals surface area contributed by atoms with E-state index in [1.807, 2.05) is 0 Å².